The lowest BCUT2D eigenvalue weighted by molar-refractivity contribution is 0.0926. The molecule has 0 saturated carbocycles. The fourth-order valence-electron chi connectivity index (χ4n) is 2.59. The Hall–Kier alpha value is -2.98. The smallest absolute Gasteiger partial charge is 0.251 e. The molecule has 3 aromatic rings. The van der Waals surface area contributed by atoms with Gasteiger partial charge in [-0.2, -0.15) is 0 Å². The number of halogens is 1. The van der Waals surface area contributed by atoms with Crippen LogP contribution in [0.5, 0.6) is 11.5 Å². The van der Waals surface area contributed by atoms with E-state index < -0.39 is 0 Å². The van der Waals surface area contributed by atoms with Crippen LogP contribution in [0.15, 0.2) is 78.9 Å². The Morgan fingerprint density at radius 1 is 0.929 bits per heavy atom. The average Bonchev–Trinajstić information content (AvgIpc) is 2.72. The van der Waals surface area contributed by atoms with Crippen LogP contribution in [-0.2, 0) is 6.61 Å². The Balaban J connectivity index is 1.53. The van der Waals surface area contributed by atoms with Crippen molar-refractivity contribution in [1.29, 1.82) is 0 Å². The largest absolute Gasteiger partial charge is 0.491 e. The van der Waals surface area contributed by atoms with Gasteiger partial charge in [0.25, 0.3) is 5.91 Å². The van der Waals surface area contributed by atoms with Crippen LogP contribution < -0.4 is 14.8 Å². The Labute approximate surface area is 170 Å². The second kappa shape index (κ2) is 9.81. The summed E-state index contributed by atoms with van der Waals surface area (Å²) < 4.78 is 11.5. The van der Waals surface area contributed by atoms with Gasteiger partial charge in [-0.1, -0.05) is 54.1 Å². The summed E-state index contributed by atoms with van der Waals surface area (Å²) in [5.41, 5.74) is 1.42. The van der Waals surface area contributed by atoms with Gasteiger partial charge in [-0.25, -0.2) is 0 Å². The fourth-order valence-corrected chi connectivity index (χ4v) is 2.78. The molecule has 1 amide bonds. The number of hydrogen-bond donors (Lipinski definition) is 1. The van der Waals surface area contributed by atoms with Gasteiger partial charge in [0.2, 0.25) is 0 Å². The second-order valence-electron chi connectivity index (χ2n) is 6.41. The van der Waals surface area contributed by atoms with E-state index in [1.807, 2.05) is 67.6 Å². The zero-order chi connectivity index (χ0) is 19.8. The lowest BCUT2D eigenvalue weighted by Crippen LogP contribution is -2.36. The summed E-state index contributed by atoms with van der Waals surface area (Å²) in [6.45, 7) is 2.63. The van der Waals surface area contributed by atoms with Crippen molar-refractivity contribution in [3.8, 4) is 11.5 Å². The maximum atomic E-state index is 12.5. The minimum Gasteiger partial charge on any atom is -0.491 e. The molecule has 0 aliphatic rings. The number of amides is 1. The molecule has 4 nitrogen and oxygen atoms in total. The molecule has 0 bridgehead atoms. The van der Waals surface area contributed by atoms with Crippen LogP contribution in [0.1, 0.15) is 22.8 Å². The second-order valence-corrected chi connectivity index (χ2v) is 6.81. The van der Waals surface area contributed by atoms with Crippen LogP contribution in [0.2, 0.25) is 5.02 Å². The van der Waals surface area contributed by atoms with E-state index in [1.54, 1.807) is 18.2 Å². The molecule has 3 aromatic carbocycles. The number of rotatable bonds is 8. The third-order valence-corrected chi connectivity index (χ3v) is 4.44. The highest BCUT2D eigenvalue weighted by Crippen LogP contribution is 2.19. The Kier molecular flexibility index (Phi) is 6.93. The first-order chi connectivity index (χ1) is 13.6. The van der Waals surface area contributed by atoms with E-state index in [9.17, 15) is 4.79 Å². The first kappa shape index (κ1) is 19.8. The number of carbonyl (C=O) groups is 1. The molecule has 0 aliphatic carbocycles. The summed E-state index contributed by atoms with van der Waals surface area (Å²) in [6.07, 6.45) is 0. The molecular formula is C23H22ClNO3. The lowest BCUT2D eigenvalue weighted by Gasteiger charge is -2.15. The van der Waals surface area contributed by atoms with Crippen LogP contribution in [0.3, 0.4) is 0 Å². The van der Waals surface area contributed by atoms with Gasteiger partial charge >= 0.3 is 0 Å². The van der Waals surface area contributed by atoms with Gasteiger partial charge in [0, 0.05) is 16.1 Å². The van der Waals surface area contributed by atoms with Gasteiger partial charge in [0.1, 0.15) is 24.7 Å². The van der Waals surface area contributed by atoms with E-state index in [1.165, 1.54) is 0 Å². The van der Waals surface area contributed by atoms with Crippen molar-refractivity contribution in [2.75, 3.05) is 6.61 Å². The van der Waals surface area contributed by atoms with E-state index in [0.717, 1.165) is 11.3 Å². The third-order valence-electron chi connectivity index (χ3n) is 4.07. The van der Waals surface area contributed by atoms with E-state index in [2.05, 4.69) is 5.32 Å². The number of carbonyl (C=O) groups excluding carboxylic acids is 1. The predicted molar refractivity (Wildman–Crippen MR) is 111 cm³/mol. The highest BCUT2D eigenvalue weighted by atomic mass is 35.5. The zero-order valence-corrected chi connectivity index (χ0v) is 16.4. The third kappa shape index (κ3) is 5.76. The SMILES string of the molecule is C[C@@H](COc1ccccc1)NC(=O)c1cccc(OCc2ccccc2Cl)c1. The monoisotopic (exact) mass is 395 g/mol. The molecule has 1 atom stereocenters. The number of hydrogen-bond acceptors (Lipinski definition) is 3. The van der Waals surface area contributed by atoms with E-state index in [-0.39, 0.29) is 11.9 Å². The van der Waals surface area contributed by atoms with Gasteiger partial charge in [-0.05, 0) is 43.3 Å². The van der Waals surface area contributed by atoms with Gasteiger partial charge in [-0.15, -0.1) is 0 Å². The van der Waals surface area contributed by atoms with Crippen molar-refractivity contribution in [3.63, 3.8) is 0 Å². The topological polar surface area (TPSA) is 47.6 Å². The van der Waals surface area contributed by atoms with Crippen LogP contribution in [0, 0.1) is 0 Å². The normalized spacial score (nSPS) is 11.5. The van der Waals surface area contributed by atoms with Crippen molar-refractivity contribution < 1.29 is 14.3 Å². The summed E-state index contributed by atoms with van der Waals surface area (Å²) in [5.74, 6) is 1.21. The molecule has 1 N–H and O–H groups in total. The molecule has 0 saturated heterocycles. The van der Waals surface area contributed by atoms with Crippen LogP contribution >= 0.6 is 11.6 Å². The molecule has 5 heteroatoms. The van der Waals surface area contributed by atoms with E-state index in [4.69, 9.17) is 21.1 Å². The minimum absolute atomic E-state index is 0.139. The van der Waals surface area contributed by atoms with Gasteiger partial charge in [-0.3, -0.25) is 4.79 Å². The summed E-state index contributed by atoms with van der Waals surface area (Å²) in [7, 11) is 0. The molecular weight excluding hydrogens is 374 g/mol. The minimum atomic E-state index is -0.174. The molecule has 3 rings (SSSR count). The quantitative estimate of drug-likeness (QED) is 0.576. The van der Waals surface area contributed by atoms with Crippen LogP contribution in [-0.4, -0.2) is 18.6 Å². The Bertz CT molecular complexity index is 914. The average molecular weight is 396 g/mol. The van der Waals surface area contributed by atoms with Crippen molar-refractivity contribution in [3.05, 3.63) is 95.0 Å². The maximum Gasteiger partial charge on any atom is 0.251 e. The molecule has 0 aliphatic heterocycles. The van der Waals surface area contributed by atoms with Crippen molar-refractivity contribution >= 4 is 17.5 Å². The van der Waals surface area contributed by atoms with E-state index >= 15 is 0 Å². The molecule has 0 fully saturated rings. The summed E-state index contributed by atoms with van der Waals surface area (Å²) in [6, 6.07) is 24.0. The number of benzene rings is 3. The summed E-state index contributed by atoms with van der Waals surface area (Å²) in [4.78, 5) is 12.5. The number of ether oxygens (including phenoxy) is 2. The Morgan fingerprint density at radius 3 is 2.43 bits per heavy atom. The molecule has 144 valence electrons. The van der Waals surface area contributed by atoms with Gasteiger partial charge in [0.15, 0.2) is 0 Å². The van der Waals surface area contributed by atoms with Gasteiger partial charge in [0.05, 0.1) is 6.04 Å². The first-order valence-electron chi connectivity index (χ1n) is 9.07. The zero-order valence-electron chi connectivity index (χ0n) is 15.6. The van der Waals surface area contributed by atoms with E-state index in [0.29, 0.717) is 29.5 Å². The maximum absolute atomic E-state index is 12.5. The van der Waals surface area contributed by atoms with Crippen LogP contribution in [0.4, 0.5) is 0 Å². The highest BCUT2D eigenvalue weighted by molar-refractivity contribution is 6.31. The summed E-state index contributed by atoms with van der Waals surface area (Å²) >= 11 is 6.15. The van der Waals surface area contributed by atoms with Gasteiger partial charge < -0.3 is 14.8 Å². The standard InChI is InChI=1S/C23H22ClNO3/c1-17(15-27-20-10-3-2-4-11-20)25-23(26)18-9-7-12-21(14-18)28-16-19-8-5-6-13-22(19)24/h2-14,17H,15-16H2,1H3,(H,25,26)/t17-/m0/s1. The summed E-state index contributed by atoms with van der Waals surface area (Å²) in [5, 5.41) is 3.59. The van der Waals surface area contributed by atoms with Crippen molar-refractivity contribution in [2.45, 2.75) is 19.6 Å². The highest BCUT2D eigenvalue weighted by Gasteiger charge is 2.11. The molecule has 0 unspecified atom stereocenters. The molecule has 0 aromatic heterocycles. The van der Waals surface area contributed by atoms with Crippen molar-refractivity contribution in [2.24, 2.45) is 0 Å². The molecule has 0 spiro atoms. The lowest BCUT2D eigenvalue weighted by atomic mass is 10.2. The predicted octanol–water partition coefficient (Wildman–Crippen LogP) is 5.12. The molecule has 0 heterocycles. The fraction of sp³-hybridized carbons (Fsp3) is 0.174. The molecule has 0 radical (unpaired) electrons. The first-order valence-corrected chi connectivity index (χ1v) is 9.44. The molecule has 28 heavy (non-hydrogen) atoms. The van der Waals surface area contributed by atoms with Crippen LogP contribution in [0.25, 0.3) is 0 Å². The van der Waals surface area contributed by atoms with Crippen molar-refractivity contribution in [1.82, 2.24) is 5.32 Å². The Morgan fingerprint density at radius 2 is 1.64 bits per heavy atom. The number of nitrogens with one attached hydrogen (secondary N) is 1. The number of para-hydroxylation sites is 1.